The quantitative estimate of drug-likeness (QED) is 0.158. The van der Waals surface area contributed by atoms with Gasteiger partial charge >= 0.3 is 26.2 Å². The van der Waals surface area contributed by atoms with Crippen LogP contribution in [-0.4, -0.2) is 0 Å². The number of hydrogen-bond donors (Lipinski definition) is 0. The average molecular weight is 849 g/mol. The zero-order valence-electron chi connectivity index (χ0n) is 31.8. The molecule has 2 heterocycles. The number of fused-ring (bicyclic) bond motifs is 2. The Bertz CT molecular complexity index is 2040. The van der Waals surface area contributed by atoms with Crippen LogP contribution in [0.4, 0.5) is 0 Å². The van der Waals surface area contributed by atoms with Crippen LogP contribution >= 0.6 is 22.7 Å². The zero-order valence-corrected chi connectivity index (χ0v) is 37.4. The molecule has 2 atom stereocenters. The van der Waals surface area contributed by atoms with Gasteiger partial charge < -0.3 is 24.8 Å². The summed E-state index contributed by atoms with van der Waals surface area (Å²) in [7, 11) is 0. The summed E-state index contributed by atoms with van der Waals surface area (Å²) in [6.45, 7) is 17.9. The summed E-state index contributed by atoms with van der Waals surface area (Å²) in [6, 6.07) is 40.3. The van der Waals surface area contributed by atoms with Crippen molar-refractivity contribution in [1.82, 2.24) is 0 Å². The molecular formula is C48H46Cl2S2Zr. The van der Waals surface area contributed by atoms with E-state index in [1.807, 2.05) is 22.7 Å². The minimum Gasteiger partial charge on any atom is -1.00 e. The second kappa shape index (κ2) is 17.4. The van der Waals surface area contributed by atoms with Gasteiger partial charge in [0.25, 0.3) is 0 Å². The summed E-state index contributed by atoms with van der Waals surface area (Å²) in [4.78, 5) is 5.49. The molecule has 2 aliphatic carbocycles. The van der Waals surface area contributed by atoms with Gasteiger partial charge in [0.2, 0.25) is 0 Å². The third kappa shape index (κ3) is 9.20. The molecule has 0 bridgehead atoms. The van der Waals surface area contributed by atoms with Crippen LogP contribution in [0.3, 0.4) is 0 Å². The smallest absolute Gasteiger partial charge is 1.00 e. The first-order valence-electron chi connectivity index (χ1n) is 17.7. The fourth-order valence-corrected chi connectivity index (χ4v) is 8.91. The summed E-state index contributed by atoms with van der Waals surface area (Å²) in [5, 5.41) is 0. The van der Waals surface area contributed by atoms with Gasteiger partial charge in [-0.1, -0.05) is 149 Å². The molecule has 0 N–H and O–H groups in total. The minimum atomic E-state index is 0. The van der Waals surface area contributed by atoms with Crippen molar-refractivity contribution in [2.45, 2.75) is 78.1 Å². The van der Waals surface area contributed by atoms with E-state index in [2.05, 4.69) is 189 Å². The molecule has 2 aliphatic rings. The van der Waals surface area contributed by atoms with E-state index in [4.69, 9.17) is 0 Å². The summed E-state index contributed by atoms with van der Waals surface area (Å²) in [5.74, 6) is 0.560. The molecule has 0 spiro atoms. The van der Waals surface area contributed by atoms with Crippen LogP contribution in [0.1, 0.15) is 106 Å². The molecule has 268 valence electrons. The van der Waals surface area contributed by atoms with Crippen LogP contribution in [0.25, 0.3) is 34.4 Å². The van der Waals surface area contributed by atoms with Crippen molar-refractivity contribution in [3.63, 3.8) is 0 Å². The third-order valence-corrected chi connectivity index (χ3v) is 12.0. The first-order chi connectivity index (χ1) is 23.9. The van der Waals surface area contributed by atoms with E-state index in [-0.39, 0.29) is 73.7 Å². The Labute approximate surface area is 357 Å². The van der Waals surface area contributed by atoms with Gasteiger partial charge in [0.1, 0.15) is 0 Å². The topological polar surface area (TPSA) is 0 Å². The molecular weight excluding hydrogens is 803 g/mol. The molecule has 0 fully saturated rings. The molecule has 2 aromatic heterocycles. The summed E-state index contributed by atoms with van der Waals surface area (Å²) in [6.07, 6.45) is 11.5. The Morgan fingerprint density at radius 1 is 0.472 bits per heavy atom. The van der Waals surface area contributed by atoms with Crippen LogP contribution in [-0.2, 0) is 37.0 Å². The van der Waals surface area contributed by atoms with Gasteiger partial charge in [0.05, 0.1) is 0 Å². The SMILES string of the molecule is Cc1ccc(C2[C-]=Cc3c(-c4ccc(C(C)(C)C)cc4)cccc32)s1.Cc1ccc(C2[C-]=Cc3c(-c4ccc(C(C)(C)C)cc4)cccc32)s1.[Cl-].[Cl-].[Zr+4]. The van der Waals surface area contributed by atoms with E-state index in [0.717, 1.165) is 0 Å². The molecule has 0 nitrogen and oxygen atoms in total. The molecule has 0 amide bonds. The molecule has 5 heteroatoms. The second-order valence-corrected chi connectivity index (χ2v) is 18.3. The van der Waals surface area contributed by atoms with Crippen molar-refractivity contribution in [2.24, 2.45) is 0 Å². The van der Waals surface area contributed by atoms with E-state index >= 15 is 0 Å². The van der Waals surface area contributed by atoms with Gasteiger partial charge in [0.15, 0.2) is 0 Å². The molecule has 0 saturated heterocycles. The van der Waals surface area contributed by atoms with Crippen molar-refractivity contribution in [3.05, 3.63) is 174 Å². The monoisotopic (exact) mass is 846 g/mol. The number of aryl methyl sites for hydroxylation is 2. The fraction of sp³-hybridized carbons (Fsp3) is 0.250. The zero-order chi connectivity index (χ0) is 35.2. The summed E-state index contributed by atoms with van der Waals surface area (Å²) < 4.78 is 0. The average Bonchev–Trinajstić information content (AvgIpc) is 3.90. The Hall–Kier alpha value is -2.78. The molecule has 0 saturated carbocycles. The van der Waals surface area contributed by atoms with Crippen molar-refractivity contribution < 1.29 is 51.0 Å². The molecule has 0 aliphatic heterocycles. The van der Waals surface area contributed by atoms with Gasteiger partial charge in [-0.3, -0.25) is 12.2 Å². The van der Waals surface area contributed by atoms with E-state index in [1.165, 1.54) is 75.1 Å². The fourth-order valence-electron chi connectivity index (χ4n) is 7.00. The predicted octanol–water partition coefficient (Wildman–Crippen LogP) is 7.97. The third-order valence-electron chi connectivity index (χ3n) is 9.91. The van der Waals surface area contributed by atoms with E-state index in [0.29, 0.717) is 0 Å². The van der Waals surface area contributed by atoms with Crippen molar-refractivity contribution in [2.75, 3.05) is 0 Å². The van der Waals surface area contributed by atoms with Gasteiger partial charge in [-0.2, -0.15) is 11.1 Å². The maximum absolute atomic E-state index is 3.58. The molecule has 2 unspecified atom stereocenters. The van der Waals surface area contributed by atoms with Gasteiger partial charge in [-0.05, 0) is 81.0 Å². The maximum Gasteiger partial charge on any atom is 4.00 e. The number of rotatable bonds is 4. The van der Waals surface area contributed by atoms with E-state index in [1.54, 1.807) is 0 Å². The summed E-state index contributed by atoms with van der Waals surface area (Å²) >= 11 is 3.74. The maximum atomic E-state index is 3.58. The Balaban J connectivity index is 0.000000224. The molecule has 6 aromatic rings. The first kappa shape index (κ1) is 43.0. The first-order valence-corrected chi connectivity index (χ1v) is 19.3. The number of halogens is 2. The predicted molar refractivity (Wildman–Crippen MR) is 218 cm³/mol. The van der Waals surface area contributed by atoms with Crippen molar-refractivity contribution in [3.8, 4) is 22.3 Å². The minimum absolute atomic E-state index is 0. The number of thiophene rings is 2. The largest absolute Gasteiger partial charge is 4.00 e. The number of allylic oxidation sites excluding steroid dienone is 2. The van der Waals surface area contributed by atoms with Gasteiger partial charge in [-0.25, -0.2) is 12.2 Å². The normalized spacial score (nSPS) is 15.3. The van der Waals surface area contributed by atoms with Crippen LogP contribution in [0.15, 0.2) is 109 Å². The van der Waals surface area contributed by atoms with Crippen LogP contribution in [0.5, 0.6) is 0 Å². The summed E-state index contributed by atoms with van der Waals surface area (Å²) in [5.41, 5.74) is 13.7. The molecule has 0 radical (unpaired) electrons. The Kier molecular flexibility index (Phi) is 14.1. The molecule has 8 rings (SSSR count). The Morgan fingerprint density at radius 3 is 1.13 bits per heavy atom. The molecule has 53 heavy (non-hydrogen) atoms. The van der Waals surface area contributed by atoms with Gasteiger partial charge in [-0.15, -0.1) is 33.8 Å². The molecule has 4 aromatic carbocycles. The van der Waals surface area contributed by atoms with E-state index < -0.39 is 0 Å². The second-order valence-electron chi connectivity index (χ2n) is 15.7. The van der Waals surface area contributed by atoms with E-state index in [9.17, 15) is 0 Å². The van der Waals surface area contributed by atoms with Crippen molar-refractivity contribution >= 4 is 34.8 Å². The standard InChI is InChI=1S/2C24H23S.2ClH.Zr/c2*1-16-8-15-23(25-16)22-14-13-21-19(6-5-7-20(21)22)17-9-11-18(12-10-17)24(2,3)4;;;/h2*5-13,15,22H,1-4H3;2*1H;/q2*-1;;;+4/p-2. The van der Waals surface area contributed by atoms with Crippen LogP contribution in [0, 0.1) is 26.0 Å². The number of hydrogen-bond acceptors (Lipinski definition) is 2. The van der Waals surface area contributed by atoms with Crippen LogP contribution in [0.2, 0.25) is 0 Å². The Morgan fingerprint density at radius 2 is 0.830 bits per heavy atom. The van der Waals surface area contributed by atoms with Crippen LogP contribution < -0.4 is 24.8 Å². The number of benzene rings is 4. The van der Waals surface area contributed by atoms with Gasteiger partial charge in [0, 0.05) is 9.75 Å². The van der Waals surface area contributed by atoms with Crippen molar-refractivity contribution in [1.29, 1.82) is 0 Å².